The Kier molecular flexibility index (Phi) is 4.35. The zero-order valence-electron chi connectivity index (χ0n) is 12.1. The molecule has 1 aromatic rings. The molecule has 0 spiro atoms. The van der Waals surface area contributed by atoms with Crippen LogP contribution in [-0.4, -0.2) is 22.8 Å². The van der Waals surface area contributed by atoms with Crippen molar-refractivity contribution >= 4 is 5.91 Å². The van der Waals surface area contributed by atoms with Crippen molar-refractivity contribution in [2.24, 2.45) is 0 Å². The zero-order valence-corrected chi connectivity index (χ0v) is 12.1. The van der Waals surface area contributed by atoms with E-state index in [4.69, 9.17) is 0 Å². The summed E-state index contributed by atoms with van der Waals surface area (Å²) in [5.74, 6) is 0.189. The average Bonchev–Trinajstić information content (AvgIpc) is 2.80. The number of nitrogens with zero attached hydrogens (tertiary/aromatic N) is 2. The fraction of sp³-hybridized carbons (Fsp3) is 0.500. The Balaban J connectivity index is 1.95. The van der Waals surface area contributed by atoms with Crippen LogP contribution in [0.3, 0.4) is 0 Å². The van der Waals surface area contributed by atoms with Crippen molar-refractivity contribution in [3.05, 3.63) is 40.7 Å². The van der Waals surface area contributed by atoms with E-state index in [0.717, 1.165) is 24.2 Å². The number of pyridine rings is 1. The van der Waals surface area contributed by atoms with Gasteiger partial charge in [-0.25, -0.2) is 0 Å². The second-order valence-corrected chi connectivity index (χ2v) is 5.46. The normalized spacial score (nSPS) is 14.4. The van der Waals surface area contributed by atoms with E-state index in [0.29, 0.717) is 13.0 Å². The van der Waals surface area contributed by atoms with Crippen molar-refractivity contribution < 1.29 is 4.79 Å². The number of aryl methyl sites for hydroxylation is 2. The summed E-state index contributed by atoms with van der Waals surface area (Å²) in [4.78, 5) is 18.4. The lowest BCUT2D eigenvalue weighted by Gasteiger charge is -2.17. The van der Waals surface area contributed by atoms with Crippen molar-refractivity contribution in [1.82, 2.24) is 9.88 Å². The number of amides is 1. The van der Waals surface area contributed by atoms with Gasteiger partial charge >= 0.3 is 0 Å². The maximum Gasteiger partial charge on any atom is 0.226 e. The molecular weight excluding hydrogens is 236 g/mol. The SMILES string of the molecule is Cc1cc(C)nc(CN(C)C(=O)CC2=CCCC2)c1. The Morgan fingerprint density at radius 3 is 2.79 bits per heavy atom. The van der Waals surface area contributed by atoms with Crippen molar-refractivity contribution in [1.29, 1.82) is 0 Å². The number of allylic oxidation sites excluding steroid dienone is 1. The van der Waals surface area contributed by atoms with Crippen LogP contribution in [-0.2, 0) is 11.3 Å². The number of carbonyl (C=O) groups excluding carboxylic acids is 1. The number of hydrogen-bond donors (Lipinski definition) is 0. The van der Waals surface area contributed by atoms with Crippen molar-refractivity contribution in [3.63, 3.8) is 0 Å². The highest BCUT2D eigenvalue weighted by Gasteiger charge is 2.14. The van der Waals surface area contributed by atoms with E-state index in [9.17, 15) is 4.79 Å². The topological polar surface area (TPSA) is 33.2 Å². The van der Waals surface area contributed by atoms with Gasteiger partial charge in [0.1, 0.15) is 0 Å². The molecule has 1 aliphatic carbocycles. The van der Waals surface area contributed by atoms with Crippen LogP contribution in [0.1, 0.15) is 42.6 Å². The van der Waals surface area contributed by atoms with Gasteiger partial charge in [0.15, 0.2) is 0 Å². The lowest BCUT2D eigenvalue weighted by atomic mass is 10.1. The molecule has 1 aliphatic rings. The first-order chi connectivity index (χ1) is 9.04. The van der Waals surface area contributed by atoms with Gasteiger partial charge in [-0.2, -0.15) is 0 Å². The van der Waals surface area contributed by atoms with Gasteiger partial charge < -0.3 is 4.90 Å². The molecule has 0 radical (unpaired) electrons. The third-order valence-electron chi connectivity index (χ3n) is 3.49. The maximum absolute atomic E-state index is 12.1. The van der Waals surface area contributed by atoms with E-state index in [1.807, 2.05) is 20.0 Å². The van der Waals surface area contributed by atoms with Crippen molar-refractivity contribution in [3.8, 4) is 0 Å². The summed E-state index contributed by atoms with van der Waals surface area (Å²) in [6.45, 7) is 4.64. The van der Waals surface area contributed by atoms with E-state index in [1.165, 1.54) is 17.6 Å². The third-order valence-corrected chi connectivity index (χ3v) is 3.49. The number of rotatable bonds is 4. The van der Waals surface area contributed by atoms with E-state index < -0.39 is 0 Å². The summed E-state index contributed by atoms with van der Waals surface area (Å²) >= 11 is 0. The molecule has 0 atom stereocenters. The zero-order chi connectivity index (χ0) is 13.8. The highest BCUT2D eigenvalue weighted by atomic mass is 16.2. The fourth-order valence-electron chi connectivity index (χ4n) is 2.56. The van der Waals surface area contributed by atoms with Crippen LogP contribution in [0.5, 0.6) is 0 Å². The summed E-state index contributed by atoms with van der Waals surface area (Å²) in [7, 11) is 1.86. The standard InChI is InChI=1S/C16H22N2O/c1-12-8-13(2)17-15(9-12)11-18(3)16(19)10-14-6-4-5-7-14/h6,8-9H,4-5,7,10-11H2,1-3H3. The van der Waals surface area contributed by atoms with Gasteiger partial charge in [0.25, 0.3) is 0 Å². The number of aromatic nitrogens is 1. The van der Waals surface area contributed by atoms with Crippen LogP contribution in [0, 0.1) is 13.8 Å². The Labute approximate surface area is 115 Å². The summed E-state index contributed by atoms with van der Waals surface area (Å²) in [5, 5.41) is 0. The summed E-state index contributed by atoms with van der Waals surface area (Å²) in [6.07, 6.45) is 6.19. The minimum atomic E-state index is 0.189. The van der Waals surface area contributed by atoms with Crippen molar-refractivity contribution in [2.45, 2.75) is 46.1 Å². The Hall–Kier alpha value is -1.64. The van der Waals surface area contributed by atoms with Gasteiger partial charge in [-0.3, -0.25) is 9.78 Å². The second kappa shape index (κ2) is 6.00. The van der Waals surface area contributed by atoms with Crippen molar-refractivity contribution in [2.75, 3.05) is 7.05 Å². The molecule has 0 aliphatic heterocycles. The molecule has 3 nitrogen and oxygen atoms in total. The molecule has 0 bridgehead atoms. The van der Waals surface area contributed by atoms with Crippen LogP contribution in [0.25, 0.3) is 0 Å². The third kappa shape index (κ3) is 3.91. The molecule has 0 unspecified atom stereocenters. The molecule has 2 rings (SSSR count). The Bertz CT molecular complexity index is 485. The molecule has 1 amide bonds. The summed E-state index contributed by atoms with van der Waals surface area (Å²) in [6, 6.07) is 4.10. The van der Waals surface area contributed by atoms with Gasteiger partial charge in [-0.1, -0.05) is 11.6 Å². The molecule has 1 heterocycles. The van der Waals surface area contributed by atoms with E-state index in [1.54, 1.807) is 4.90 Å². The Morgan fingerprint density at radius 2 is 2.16 bits per heavy atom. The molecule has 3 heteroatoms. The highest BCUT2D eigenvalue weighted by Crippen LogP contribution is 2.21. The molecule has 1 aromatic heterocycles. The van der Waals surface area contributed by atoms with E-state index >= 15 is 0 Å². The number of hydrogen-bond acceptors (Lipinski definition) is 2. The summed E-state index contributed by atoms with van der Waals surface area (Å²) < 4.78 is 0. The van der Waals surface area contributed by atoms with Gasteiger partial charge in [0.05, 0.1) is 12.2 Å². The first-order valence-electron chi connectivity index (χ1n) is 6.90. The van der Waals surface area contributed by atoms with Gasteiger partial charge in [0, 0.05) is 19.2 Å². The van der Waals surface area contributed by atoms with Gasteiger partial charge in [-0.05, 0) is 50.8 Å². The van der Waals surface area contributed by atoms with E-state index in [2.05, 4.69) is 24.1 Å². The quantitative estimate of drug-likeness (QED) is 0.777. The lowest BCUT2D eigenvalue weighted by molar-refractivity contribution is -0.129. The summed E-state index contributed by atoms with van der Waals surface area (Å²) in [5.41, 5.74) is 4.47. The molecule has 0 N–H and O–H groups in total. The fourth-order valence-corrected chi connectivity index (χ4v) is 2.56. The first kappa shape index (κ1) is 13.8. The largest absolute Gasteiger partial charge is 0.340 e. The molecule has 102 valence electrons. The molecular formula is C16H22N2O. The number of carbonyl (C=O) groups is 1. The molecule has 19 heavy (non-hydrogen) atoms. The highest BCUT2D eigenvalue weighted by molar-refractivity contribution is 5.78. The molecule has 0 saturated heterocycles. The molecule has 0 saturated carbocycles. The maximum atomic E-state index is 12.1. The van der Waals surface area contributed by atoms with Crippen LogP contribution in [0.15, 0.2) is 23.8 Å². The van der Waals surface area contributed by atoms with Crippen LogP contribution in [0.4, 0.5) is 0 Å². The van der Waals surface area contributed by atoms with Crippen LogP contribution < -0.4 is 0 Å². The predicted octanol–water partition coefficient (Wildman–Crippen LogP) is 3.16. The lowest BCUT2D eigenvalue weighted by Crippen LogP contribution is -2.26. The smallest absolute Gasteiger partial charge is 0.226 e. The Morgan fingerprint density at radius 1 is 1.37 bits per heavy atom. The molecule has 0 fully saturated rings. The van der Waals surface area contributed by atoms with Crippen LogP contribution >= 0.6 is 0 Å². The second-order valence-electron chi connectivity index (χ2n) is 5.46. The molecule has 0 aromatic carbocycles. The monoisotopic (exact) mass is 258 g/mol. The van der Waals surface area contributed by atoms with E-state index in [-0.39, 0.29) is 5.91 Å². The van der Waals surface area contributed by atoms with Gasteiger partial charge in [-0.15, -0.1) is 0 Å². The minimum Gasteiger partial charge on any atom is -0.340 e. The van der Waals surface area contributed by atoms with Crippen LogP contribution in [0.2, 0.25) is 0 Å². The average molecular weight is 258 g/mol. The first-order valence-corrected chi connectivity index (χ1v) is 6.90. The minimum absolute atomic E-state index is 0.189. The van der Waals surface area contributed by atoms with Gasteiger partial charge in [0.2, 0.25) is 5.91 Å². The predicted molar refractivity (Wildman–Crippen MR) is 76.7 cm³/mol.